The number of furan rings is 1. The van der Waals surface area contributed by atoms with E-state index in [2.05, 4.69) is 10.6 Å². The van der Waals surface area contributed by atoms with E-state index in [9.17, 15) is 9.59 Å². The quantitative estimate of drug-likeness (QED) is 0.751. The molecule has 1 aliphatic heterocycles. The average Bonchev–Trinajstić information content (AvgIpc) is 3.33. The Morgan fingerprint density at radius 3 is 2.31 bits per heavy atom. The number of rotatable bonds is 4. The van der Waals surface area contributed by atoms with Crippen LogP contribution in [0.1, 0.15) is 20.9 Å². The molecule has 0 radical (unpaired) electrons. The molecule has 3 aromatic rings. The predicted molar refractivity (Wildman–Crippen MR) is 93.6 cm³/mol. The first-order chi connectivity index (χ1) is 12.7. The molecule has 2 amide bonds. The molecule has 0 fully saturated rings. The summed E-state index contributed by atoms with van der Waals surface area (Å²) in [5.74, 6) is 0.841. The van der Waals surface area contributed by atoms with E-state index in [4.69, 9.17) is 13.9 Å². The smallest absolute Gasteiger partial charge is 0.291 e. The molecule has 2 aromatic carbocycles. The average molecular weight is 350 g/mol. The van der Waals surface area contributed by atoms with E-state index in [0.717, 1.165) is 0 Å². The van der Waals surface area contributed by atoms with Crippen LogP contribution in [0.25, 0.3) is 0 Å². The largest absolute Gasteiger partial charge is 0.459 e. The molecule has 26 heavy (non-hydrogen) atoms. The molecule has 2 N–H and O–H groups in total. The molecule has 1 aliphatic rings. The summed E-state index contributed by atoms with van der Waals surface area (Å²) in [6.07, 6.45) is 1.43. The molecule has 0 bridgehead atoms. The van der Waals surface area contributed by atoms with Gasteiger partial charge in [-0.15, -0.1) is 0 Å². The minimum atomic E-state index is -0.354. The standard InChI is InChI=1S/C19H14N2O5/c22-18(21-14-7-8-15-17(10-14)26-11-25-15)12-3-5-13(6-4-12)20-19(23)16-2-1-9-24-16/h1-10H,11H2,(H,20,23)(H,21,22). The van der Waals surface area contributed by atoms with Crippen LogP contribution in [0.5, 0.6) is 11.5 Å². The van der Waals surface area contributed by atoms with Gasteiger partial charge in [0.2, 0.25) is 6.79 Å². The van der Waals surface area contributed by atoms with Crippen LogP contribution in [0.2, 0.25) is 0 Å². The Hall–Kier alpha value is -3.74. The molecule has 0 spiro atoms. The molecule has 7 nitrogen and oxygen atoms in total. The van der Waals surface area contributed by atoms with Crippen molar-refractivity contribution in [2.24, 2.45) is 0 Å². The third-order valence-corrected chi connectivity index (χ3v) is 3.78. The first-order valence-electron chi connectivity index (χ1n) is 7.85. The van der Waals surface area contributed by atoms with Crippen molar-refractivity contribution in [2.45, 2.75) is 0 Å². The molecule has 130 valence electrons. The summed E-state index contributed by atoms with van der Waals surface area (Å²) in [6.45, 7) is 0.178. The van der Waals surface area contributed by atoms with E-state index in [-0.39, 0.29) is 24.4 Å². The fourth-order valence-corrected chi connectivity index (χ4v) is 2.48. The first kappa shape index (κ1) is 15.8. The van der Waals surface area contributed by atoms with Gasteiger partial charge in [-0.05, 0) is 48.5 Å². The van der Waals surface area contributed by atoms with Gasteiger partial charge in [-0.25, -0.2) is 0 Å². The van der Waals surface area contributed by atoms with E-state index < -0.39 is 0 Å². The molecular weight excluding hydrogens is 336 g/mol. The predicted octanol–water partition coefficient (Wildman–Crippen LogP) is 3.51. The lowest BCUT2D eigenvalue weighted by molar-refractivity contribution is 0.0995. The van der Waals surface area contributed by atoms with Gasteiger partial charge in [0.15, 0.2) is 17.3 Å². The number of fused-ring (bicyclic) bond motifs is 1. The molecule has 2 heterocycles. The molecule has 0 atom stereocenters. The van der Waals surface area contributed by atoms with Crippen molar-refractivity contribution in [1.29, 1.82) is 0 Å². The summed E-state index contributed by atoms with van der Waals surface area (Å²) < 4.78 is 15.6. The summed E-state index contributed by atoms with van der Waals surface area (Å²) >= 11 is 0. The van der Waals surface area contributed by atoms with Gasteiger partial charge in [-0.1, -0.05) is 0 Å². The molecule has 0 saturated heterocycles. The number of amides is 2. The highest BCUT2D eigenvalue weighted by Gasteiger charge is 2.15. The van der Waals surface area contributed by atoms with Crippen LogP contribution >= 0.6 is 0 Å². The maximum atomic E-state index is 12.3. The summed E-state index contributed by atoms with van der Waals surface area (Å²) in [4.78, 5) is 24.3. The summed E-state index contributed by atoms with van der Waals surface area (Å²) in [7, 11) is 0. The van der Waals surface area contributed by atoms with Crippen molar-refractivity contribution >= 4 is 23.2 Å². The lowest BCUT2D eigenvalue weighted by Gasteiger charge is -2.07. The Labute approximate surface area is 148 Å². The van der Waals surface area contributed by atoms with Crippen molar-refractivity contribution in [3.63, 3.8) is 0 Å². The molecule has 0 saturated carbocycles. The Morgan fingerprint density at radius 2 is 1.54 bits per heavy atom. The maximum absolute atomic E-state index is 12.3. The van der Waals surface area contributed by atoms with E-state index in [1.165, 1.54) is 6.26 Å². The third-order valence-electron chi connectivity index (χ3n) is 3.78. The highest BCUT2D eigenvalue weighted by molar-refractivity contribution is 6.05. The molecule has 0 aliphatic carbocycles. The van der Waals surface area contributed by atoms with Crippen LogP contribution in [0.3, 0.4) is 0 Å². The fraction of sp³-hybridized carbons (Fsp3) is 0.0526. The summed E-state index contributed by atoms with van der Waals surface area (Å²) in [5.41, 5.74) is 1.62. The van der Waals surface area contributed by atoms with E-state index >= 15 is 0 Å². The Balaban J connectivity index is 1.41. The number of ether oxygens (including phenoxy) is 2. The van der Waals surface area contributed by atoms with Crippen molar-refractivity contribution in [3.8, 4) is 11.5 Å². The second-order valence-corrected chi connectivity index (χ2v) is 5.53. The zero-order valence-corrected chi connectivity index (χ0v) is 13.5. The Morgan fingerprint density at radius 1 is 0.808 bits per heavy atom. The van der Waals surface area contributed by atoms with Gasteiger partial charge in [-0.2, -0.15) is 0 Å². The van der Waals surface area contributed by atoms with E-state index in [1.54, 1.807) is 54.6 Å². The molecule has 1 aromatic heterocycles. The number of anilines is 2. The van der Waals surface area contributed by atoms with Crippen molar-refractivity contribution in [1.82, 2.24) is 0 Å². The lowest BCUT2D eigenvalue weighted by Crippen LogP contribution is -2.13. The van der Waals surface area contributed by atoms with Crippen molar-refractivity contribution < 1.29 is 23.5 Å². The van der Waals surface area contributed by atoms with Crippen LogP contribution in [0, 0.1) is 0 Å². The van der Waals surface area contributed by atoms with Gasteiger partial charge in [0.25, 0.3) is 11.8 Å². The summed E-state index contributed by atoms with van der Waals surface area (Å²) in [6, 6.07) is 14.9. The Kier molecular flexibility index (Phi) is 4.03. The topological polar surface area (TPSA) is 89.8 Å². The second kappa shape index (κ2) is 6.64. The SMILES string of the molecule is O=C(Nc1ccc2c(c1)OCO2)c1ccc(NC(=O)c2ccco2)cc1. The highest BCUT2D eigenvalue weighted by atomic mass is 16.7. The monoisotopic (exact) mass is 350 g/mol. The minimum absolute atomic E-state index is 0.178. The maximum Gasteiger partial charge on any atom is 0.291 e. The fourth-order valence-electron chi connectivity index (χ4n) is 2.48. The second-order valence-electron chi connectivity index (χ2n) is 5.53. The van der Waals surface area contributed by atoms with E-state index in [0.29, 0.717) is 28.4 Å². The Bertz CT molecular complexity index is 949. The molecule has 4 rings (SSSR count). The van der Waals surface area contributed by atoms with Crippen LogP contribution in [0.15, 0.2) is 65.3 Å². The van der Waals surface area contributed by atoms with Crippen LogP contribution < -0.4 is 20.1 Å². The zero-order valence-electron chi connectivity index (χ0n) is 13.5. The normalized spacial score (nSPS) is 11.8. The van der Waals surface area contributed by atoms with Crippen molar-refractivity contribution in [3.05, 3.63) is 72.2 Å². The number of hydrogen-bond acceptors (Lipinski definition) is 5. The van der Waals surface area contributed by atoms with Gasteiger partial charge in [-0.3, -0.25) is 9.59 Å². The van der Waals surface area contributed by atoms with Crippen LogP contribution in [0.4, 0.5) is 11.4 Å². The van der Waals surface area contributed by atoms with Gasteiger partial charge >= 0.3 is 0 Å². The molecular formula is C19H14N2O5. The van der Waals surface area contributed by atoms with Gasteiger partial charge < -0.3 is 24.5 Å². The number of nitrogens with one attached hydrogen (secondary N) is 2. The van der Waals surface area contributed by atoms with Gasteiger partial charge in [0.05, 0.1) is 6.26 Å². The molecule has 0 unspecified atom stereocenters. The van der Waals surface area contributed by atoms with E-state index in [1.807, 2.05) is 0 Å². The third kappa shape index (κ3) is 3.23. The van der Waals surface area contributed by atoms with Gasteiger partial charge in [0, 0.05) is 23.0 Å². The number of benzene rings is 2. The molecule has 7 heteroatoms. The number of carbonyl (C=O) groups is 2. The summed E-state index contributed by atoms with van der Waals surface area (Å²) in [5, 5.41) is 5.49. The van der Waals surface area contributed by atoms with Crippen LogP contribution in [-0.2, 0) is 0 Å². The highest BCUT2D eigenvalue weighted by Crippen LogP contribution is 2.34. The van der Waals surface area contributed by atoms with Crippen LogP contribution in [-0.4, -0.2) is 18.6 Å². The minimum Gasteiger partial charge on any atom is -0.459 e. The number of carbonyl (C=O) groups excluding carboxylic acids is 2. The number of hydrogen-bond donors (Lipinski definition) is 2. The zero-order chi connectivity index (χ0) is 17.9. The van der Waals surface area contributed by atoms with Gasteiger partial charge in [0.1, 0.15) is 0 Å². The lowest BCUT2D eigenvalue weighted by atomic mass is 10.2. The first-order valence-corrected chi connectivity index (χ1v) is 7.85. The van der Waals surface area contributed by atoms with Crippen molar-refractivity contribution in [2.75, 3.05) is 17.4 Å².